The Morgan fingerprint density at radius 3 is 2.41 bits per heavy atom. The normalized spacial score (nSPS) is 55.0. The van der Waals surface area contributed by atoms with Gasteiger partial charge >= 0.3 is 5.97 Å². The highest BCUT2D eigenvalue weighted by Gasteiger charge is 2.85. The van der Waals surface area contributed by atoms with Gasteiger partial charge in [-0.15, -0.1) is 0 Å². The summed E-state index contributed by atoms with van der Waals surface area (Å²) in [5.41, 5.74) is 1.85. The van der Waals surface area contributed by atoms with Crippen molar-refractivity contribution in [2.24, 2.45) is 22.7 Å². The molecule has 8 aliphatic rings. The first-order valence-electron chi connectivity index (χ1n) is 18.1. The van der Waals surface area contributed by atoms with E-state index in [2.05, 4.69) is 19.9 Å². The van der Waals surface area contributed by atoms with Crippen LogP contribution in [0.2, 0.25) is 0 Å². The Hall–Kier alpha value is -1.49. The Kier molecular flexibility index (Phi) is 8.49. The van der Waals surface area contributed by atoms with E-state index in [1.807, 2.05) is 0 Å². The molecule has 4 aliphatic heterocycles. The zero-order valence-electron chi connectivity index (χ0n) is 28.7. The molecule has 0 aromatic carbocycles. The van der Waals surface area contributed by atoms with Gasteiger partial charge in [-0.25, -0.2) is 4.79 Å². The number of ether oxygens (including phenoxy) is 7. The lowest BCUT2D eigenvalue weighted by atomic mass is 9.44. The Morgan fingerprint density at radius 1 is 0.918 bits per heavy atom. The number of rotatable bonds is 7. The van der Waals surface area contributed by atoms with E-state index in [1.54, 1.807) is 13.0 Å². The lowest BCUT2D eigenvalue weighted by Gasteiger charge is -2.58. The quantitative estimate of drug-likeness (QED) is 0.145. The van der Waals surface area contributed by atoms with Gasteiger partial charge in [0.1, 0.15) is 60.5 Å². The predicted molar refractivity (Wildman–Crippen MR) is 168 cm³/mol. The Bertz CT molecular complexity index is 1380. The highest BCUT2D eigenvalue weighted by molar-refractivity contribution is 5.87. The third-order valence-corrected chi connectivity index (χ3v) is 14.2. The van der Waals surface area contributed by atoms with E-state index in [-0.39, 0.29) is 34.1 Å². The van der Waals surface area contributed by atoms with E-state index in [9.17, 15) is 30.3 Å². The monoisotopic (exact) mass is 692 g/mol. The van der Waals surface area contributed by atoms with Crippen LogP contribution in [-0.4, -0.2) is 131 Å². The van der Waals surface area contributed by atoms with Crippen LogP contribution in [-0.2, 0) is 38.0 Å². The highest BCUT2D eigenvalue weighted by atomic mass is 16.7. The molecule has 0 aromatic heterocycles. The first kappa shape index (κ1) is 34.6. The highest BCUT2D eigenvalue weighted by Crippen LogP contribution is 2.80. The van der Waals surface area contributed by atoms with Crippen LogP contribution in [0, 0.1) is 22.7 Å². The molecule has 5 N–H and O–H groups in total. The third-order valence-electron chi connectivity index (χ3n) is 14.2. The smallest absolute Gasteiger partial charge is 0.331 e. The van der Waals surface area contributed by atoms with Crippen LogP contribution in [0.1, 0.15) is 72.1 Å². The standard InChI is InChI=1S/C36H52O13/c1-17-29(48-31-27(41)26(40)25(39)22(15-37)47-31)30(43-4)28(42)32(45-17)46-20-6-9-33(2)19(14-20)5-11-35-23(33)8-10-34(3)21(7-12-36(34,35)49-35)18-13-24(38)44-16-18/h7,13,17,19-20,22-23,25-32,37,39-42H,5-6,8-12,14-16H2,1-4H3/t17?,19?,20?,22?,23?,25?,26?,27?,28?,29?,30?,31?,32?,33-,34+,35-,36+/m0/s1. The maximum Gasteiger partial charge on any atom is 0.331 e. The van der Waals surface area contributed by atoms with E-state index < -0.39 is 68.0 Å². The van der Waals surface area contributed by atoms with Crippen molar-refractivity contribution in [1.82, 2.24) is 0 Å². The number of aliphatic hydroxyl groups is 5. The fourth-order valence-electron chi connectivity index (χ4n) is 11.5. The van der Waals surface area contributed by atoms with Gasteiger partial charge in [0.2, 0.25) is 0 Å². The summed E-state index contributed by atoms with van der Waals surface area (Å²) in [5, 5.41) is 51.9. The summed E-state index contributed by atoms with van der Waals surface area (Å²) in [7, 11) is 1.44. The van der Waals surface area contributed by atoms with Crippen LogP contribution in [0.4, 0.5) is 0 Å². The molecular formula is C36H52O13. The van der Waals surface area contributed by atoms with Crippen LogP contribution in [0.25, 0.3) is 0 Å². The van der Waals surface area contributed by atoms with Gasteiger partial charge in [-0.1, -0.05) is 19.9 Å². The number of esters is 1. The summed E-state index contributed by atoms with van der Waals surface area (Å²) in [5.74, 6) is 0.612. The van der Waals surface area contributed by atoms with Gasteiger partial charge in [-0.3, -0.25) is 0 Å². The topological polar surface area (TPSA) is 186 Å². The second-order valence-corrected chi connectivity index (χ2v) is 16.3. The molecule has 13 unspecified atom stereocenters. The molecule has 0 bridgehead atoms. The lowest BCUT2D eigenvalue weighted by Crippen LogP contribution is -2.64. The maximum absolute atomic E-state index is 11.9. The van der Waals surface area contributed by atoms with Crippen molar-refractivity contribution in [2.45, 2.75) is 151 Å². The van der Waals surface area contributed by atoms with Crippen molar-refractivity contribution in [3.63, 3.8) is 0 Å². The number of carbonyl (C=O) groups is 1. The number of cyclic esters (lactones) is 1. The average Bonchev–Trinajstić information content (AvgIpc) is 3.39. The van der Waals surface area contributed by atoms with Gasteiger partial charge < -0.3 is 58.7 Å². The van der Waals surface area contributed by atoms with Crippen LogP contribution < -0.4 is 0 Å². The lowest BCUT2D eigenvalue weighted by molar-refractivity contribution is -0.362. The molecule has 4 aliphatic carbocycles. The van der Waals surface area contributed by atoms with Gasteiger partial charge in [0.15, 0.2) is 12.6 Å². The van der Waals surface area contributed by atoms with Crippen molar-refractivity contribution in [3.05, 3.63) is 23.3 Å². The fourth-order valence-corrected chi connectivity index (χ4v) is 11.5. The van der Waals surface area contributed by atoms with Crippen LogP contribution in [0.5, 0.6) is 0 Å². The van der Waals surface area contributed by atoms with Crippen molar-refractivity contribution in [2.75, 3.05) is 20.3 Å². The van der Waals surface area contributed by atoms with Gasteiger partial charge in [-0.05, 0) is 81.1 Å². The predicted octanol–water partition coefficient (Wildman–Crippen LogP) is 1.02. The van der Waals surface area contributed by atoms with E-state index in [0.717, 1.165) is 56.9 Å². The molecule has 49 heavy (non-hydrogen) atoms. The van der Waals surface area contributed by atoms with E-state index in [4.69, 9.17) is 33.2 Å². The van der Waals surface area contributed by atoms with Crippen LogP contribution in [0.15, 0.2) is 23.3 Å². The molecule has 3 saturated heterocycles. The van der Waals surface area contributed by atoms with Crippen LogP contribution in [0.3, 0.4) is 0 Å². The van der Waals surface area contributed by atoms with Gasteiger partial charge in [0.05, 0.1) is 18.8 Å². The molecule has 13 nitrogen and oxygen atoms in total. The van der Waals surface area contributed by atoms with E-state index >= 15 is 0 Å². The van der Waals surface area contributed by atoms with E-state index in [1.165, 1.54) is 12.7 Å². The molecule has 4 heterocycles. The molecule has 0 amide bonds. The third kappa shape index (κ3) is 4.87. The second-order valence-electron chi connectivity index (χ2n) is 16.3. The zero-order chi connectivity index (χ0) is 34.7. The largest absolute Gasteiger partial charge is 0.458 e. The summed E-state index contributed by atoms with van der Waals surface area (Å²) < 4.78 is 42.2. The minimum Gasteiger partial charge on any atom is -0.458 e. The Balaban J connectivity index is 0.917. The van der Waals surface area contributed by atoms with Crippen molar-refractivity contribution < 1.29 is 63.5 Å². The van der Waals surface area contributed by atoms with Crippen molar-refractivity contribution in [3.8, 4) is 0 Å². The number of aliphatic hydroxyl groups excluding tert-OH is 5. The second kappa shape index (κ2) is 12.0. The number of epoxide rings is 1. The van der Waals surface area contributed by atoms with Crippen LogP contribution >= 0.6 is 0 Å². The number of carbonyl (C=O) groups excluding carboxylic acids is 1. The molecule has 0 aromatic rings. The summed E-state index contributed by atoms with van der Waals surface area (Å²) in [6, 6.07) is 0. The molecule has 17 atom stereocenters. The van der Waals surface area contributed by atoms with Gasteiger partial charge in [0.25, 0.3) is 0 Å². The minimum atomic E-state index is -1.59. The fraction of sp³-hybridized carbons (Fsp3) is 0.861. The van der Waals surface area contributed by atoms with Gasteiger partial charge in [0, 0.05) is 24.2 Å². The molecule has 274 valence electrons. The molecule has 6 fully saturated rings. The molecular weight excluding hydrogens is 640 g/mol. The Morgan fingerprint density at radius 2 is 1.69 bits per heavy atom. The molecule has 13 heteroatoms. The first-order valence-corrected chi connectivity index (χ1v) is 18.1. The maximum atomic E-state index is 11.9. The Labute approximate surface area is 286 Å². The zero-order valence-corrected chi connectivity index (χ0v) is 28.7. The molecule has 8 rings (SSSR count). The number of hydrogen-bond donors (Lipinski definition) is 5. The van der Waals surface area contributed by atoms with Crippen molar-refractivity contribution in [1.29, 1.82) is 0 Å². The molecule has 0 radical (unpaired) electrons. The van der Waals surface area contributed by atoms with Gasteiger partial charge in [-0.2, -0.15) is 0 Å². The SMILES string of the molecule is COC1C(O)C(OC2CC[C@@]3(C)C(CC[C@@]45O[C@@]46CC=C(C4=CC(=O)OC4)[C@@]6(C)CCC35)C2)OC(C)C1OC1OC(CO)C(O)C(O)C1O. The summed E-state index contributed by atoms with van der Waals surface area (Å²) in [4.78, 5) is 11.9. The van der Waals surface area contributed by atoms with Crippen molar-refractivity contribution >= 4 is 5.97 Å². The first-order chi connectivity index (χ1) is 23.3. The summed E-state index contributed by atoms with van der Waals surface area (Å²) in [6.07, 6.45) is -0.346. The molecule has 3 saturated carbocycles. The summed E-state index contributed by atoms with van der Waals surface area (Å²) in [6.45, 7) is 6.30. The minimum absolute atomic E-state index is 0.0934. The summed E-state index contributed by atoms with van der Waals surface area (Å²) >= 11 is 0. The number of methoxy groups -OCH3 is 1. The molecule has 2 spiro atoms. The number of hydrogen-bond acceptors (Lipinski definition) is 13. The average molecular weight is 693 g/mol. The number of fused-ring (bicyclic) bond motifs is 2. The van der Waals surface area contributed by atoms with E-state index in [0.29, 0.717) is 18.4 Å².